The molecule has 1 aromatic carbocycles. The van der Waals surface area contributed by atoms with Gasteiger partial charge in [-0.1, -0.05) is 35.3 Å². The predicted octanol–water partition coefficient (Wildman–Crippen LogP) is 3.28. The first-order valence-electron chi connectivity index (χ1n) is 6.49. The summed E-state index contributed by atoms with van der Waals surface area (Å²) in [4.78, 5) is 27.8. The van der Waals surface area contributed by atoms with Crippen molar-refractivity contribution in [3.8, 4) is 5.75 Å². The number of carbonyl (C=O) groups is 2. The van der Waals surface area contributed by atoms with Gasteiger partial charge in [0.15, 0.2) is 11.9 Å². The van der Waals surface area contributed by atoms with Gasteiger partial charge in [0.25, 0.3) is 5.91 Å². The number of anilines is 1. The number of nitrogens with zero attached hydrogens (tertiary/aromatic N) is 1. The van der Waals surface area contributed by atoms with Gasteiger partial charge in [-0.3, -0.25) is 4.79 Å². The second-order valence-electron chi connectivity index (χ2n) is 4.54. The molecular formula is C15H12Cl2N2O4. The third kappa shape index (κ3) is 4.34. The normalized spacial score (nSPS) is 11.6. The van der Waals surface area contributed by atoms with Gasteiger partial charge in [0, 0.05) is 6.20 Å². The Bertz CT molecular complexity index is 752. The molecule has 8 heteroatoms. The SMILES string of the molecule is C[C@H](OC(=O)c1ccccc1O)C(=O)Nc1ncc(Cl)cc1Cl. The monoisotopic (exact) mass is 354 g/mol. The molecule has 2 rings (SSSR count). The topological polar surface area (TPSA) is 88.5 Å². The summed E-state index contributed by atoms with van der Waals surface area (Å²) in [6.07, 6.45) is 0.206. The van der Waals surface area contributed by atoms with Gasteiger partial charge in [0.2, 0.25) is 0 Å². The lowest BCUT2D eigenvalue weighted by Gasteiger charge is -2.14. The number of aromatic nitrogens is 1. The van der Waals surface area contributed by atoms with Crippen LogP contribution in [0.1, 0.15) is 17.3 Å². The van der Waals surface area contributed by atoms with E-state index in [9.17, 15) is 14.7 Å². The molecule has 0 aliphatic heterocycles. The van der Waals surface area contributed by atoms with E-state index in [0.29, 0.717) is 5.02 Å². The largest absolute Gasteiger partial charge is 0.507 e. The Labute approximate surface area is 142 Å². The number of esters is 1. The van der Waals surface area contributed by atoms with E-state index in [1.54, 1.807) is 12.1 Å². The molecule has 1 heterocycles. The Morgan fingerprint density at radius 1 is 1.30 bits per heavy atom. The molecule has 23 heavy (non-hydrogen) atoms. The number of rotatable bonds is 4. The van der Waals surface area contributed by atoms with Crippen LogP contribution in [0.4, 0.5) is 5.82 Å². The van der Waals surface area contributed by atoms with Gasteiger partial charge in [-0.05, 0) is 25.1 Å². The fourth-order valence-electron chi connectivity index (χ4n) is 1.65. The van der Waals surface area contributed by atoms with Crippen LogP contribution in [0.2, 0.25) is 10.0 Å². The smallest absolute Gasteiger partial charge is 0.342 e. The van der Waals surface area contributed by atoms with Crippen LogP contribution in [0, 0.1) is 0 Å². The molecule has 2 aromatic rings. The average molecular weight is 355 g/mol. The van der Waals surface area contributed by atoms with E-state index in [-0.39, 0.29) is 22.2 Å². The number of para-hydroxylation sites is 1. The maximum atomic E-state index is 12.0. The van der Waals surface area contributed by atoms with Crippen molar-refractivity contribution in [3.05, 3.63) is 52.1 Å². The number of aromatic hydroxyl groups is 1. The van der Waals surface area contributed by atoms with Crippen molar-refractivity contribution in [2.45, 2.75) is 13.0 Å². The number of halogens is 2. The van der Waals surface area contributed by atoms with Crippen LogP contribution in [0.15, 0.2) is 36.5 Å². The van der Waals surface area contributed by atoms with Crippen LogP contribution in [-0.4, -0.2) is 28.1 Å². The van der Waals surface area contributed by atoms with Crippen molar-refractivity contribution < 1.29 is 19.4 Å². The van der Waals surface area contributed by atoms with Crippen molar-refractivity contribution in [2.75, 3.05) is 5.32 Å². The minimum absolute atomic E-state index is 0.0326. The highest BCUT2D eigenvalue weighted by Crippen LogP contribution is 2.23. The molecule has 0 radical (unpaired) electrons. The van der Waals surface area contributed by atoms with Gasteiger partial charge in [-0.25, -0.2) is 9.78 Å². The standard InChI is InChI=1S/C15H12Cl2N2O4/c1-8(23-15(22)10-4-2-3-5-12(10)20)14(21)19-13-11(17)6-9(16)7-18-13/h2-8,20H,1H3,(H,18,19,21)/t8-/m0/s1. The summed E-state index contributed by atoms with van der Waals surface area (Å²) in [7, 11) is 0. The zero-order valence-corrected chi connectivity index (χ0v) is 13.4. The van der Waals surface area contributed by atoms with E-state index in [2.05, 4.69) is 10.3 Å². The molecule has 0 fully saturated rings. The molecule has 0 unspecified atom stereocenters. The second kappa shape index (κ2) is 7.30. The predicted molar refractivity (Wildman–Crippen MR) is 85.9 cm³/mol. The zero-order chi connectivity index (χ0) is 17.0. The highest BCUT2D eigenvalue weighted by atomic mass is 35.5. The van der Waals surface area contributed by atoms with Gasteiger partial charge >= 0.3 is 5.97 Å². The third-order valence-corrected chi connectivity index (χ3v) is 3.32. The fourth-order valence-corrected chi connectivity index (χ4v) is 2.08. The van der Waals surface area contributed by atoms with E-state index in [1.165, 1.54) is 31.3 Å². The van der Waals surface area contributed by atoms with Gasteiger partial charge in [-0.2, -0.15) is 0 Å². The maximum absolute atomic E-state index is 12.0. The number of hydrogen-bond donors (Lipinski definition) is 2. The van der Waals surface area contributed by atoms with Crippen molar-refractivity contribution in [1.29, 1.82) is 0 Å². The second-order valence-corrected chi connectivity index (χ2v) is 5.38. The molecule has 0 aliphatic rings. The summed E-state index contributed by atoms with van der Waals surface area (Å²) in [5.41, 5.74) is -0.0326. The average Bonchev–Trinajstić information content (AvgIpc) is 2.50. The van der Waals surface area contributed by atoms with Crippen LogP contribution in [0.3, 0.4) is 0 Å². The number of benzene rings is 1. The minimum Gasteiger partial charge on any atom is -0.507 e. The maximum Gasteiger partial charge on any atom is 0.342 e. The van der Waals surface area contributed by atoms with Crippen molar-refractivity contribution in [1.82, 2.24) is 4.98 Å². The van der Waals surface area contributed by atoms with Crippen molar-refractivity contribution >= 4 is 40.9 Å². The lowest BCUT2D eigenvalue weighted by atomic mass is 10.2. The van der Waals surface area contributed by atoms with E-state index in [1.807, 2.05) is 0 Å². The summed E-state index contributed by atoms with van der Waals surface area (Å²) < 4.78 is 5.01. The lowest BCUT2D eigenvalue weighted by Crippen LogP contribution is -2.30. The molecule has 1 amide bonds. The Hall–Kier alpha value is -2.31. The molecule has 2 N–H and O–H groups in total. The zero-order valence-electron chi connectivity index (χ0n) is 11.9. The number of phenolic OH excluding ortho intramolecular Hbond substituents is 1. The molecule has 0 saturated carbocycles. The van der Waals surface area contributed by atoms with Gasteiger partial charge in [0.05, 0.1) is 10.0 Å². The van der Waals surface area contributed by atoms with Crippen LogP contribution in [-0.2, 0) is 9.53 Å². The number of hydrogen-bond acceptors (Lipinski definition) is 5. The molecule has 120 valence electrons. The van der Waals surface area contributed by atoms with Crippen LogP contribution >= 0.6 is 23.2 Å². The molecule has 6 nitrogen and oxygen atoms in total. The van der Waals surface area contributed by atoms with Crippen LogP contribution in [0.25, 0.3) is 0 Å². The molecule has 0 bridgehead atoms. The van der Waals surface area contributed by atoms with E-state index in [4.69, 9.17) is 27.9 Å². The number of ether oxygens (including phenoxy) is 1. The van der Waals surface area contributed by atoms with Gasteiger partial charge in [0.1, 0.15) is 11.3 Å². The number of phenols is 1. The van der Waals surface area contributed by atoms with E-state index >= 15 is 0 Å². The fraction of sp³-hybridized carbons (Fsp3) is 0.133. The summed E-state index contributed by atoms with van der Waals surface area (Å²) in [6.45, 7) is 1.39. The summed E-state index contributed by atoms with van der Waals surface area (Å²) in [6, 6.07) is 7.29. The molecule has 0 saturated heterocycles. The third-order valence-electron chi connectivity index (χ3n) is 2.83. The number of nitrogens with one attached hydrogen (secondary N) is 1. The lowest BCUT2D eigenvalue weighted by molar-refractivity contribution is -0.123. The first-order valence-corrected chi connectivity index (χ1v) is 7.25. The first kappa shape index (κ1) is 17.1. The highest BCUT2D eigenvalue weighted by Gasteiger charge is 2.21. The number of carbonyl (C=O) groups excluding carboxylic acids is 2. The molecule has 0 aliphatic carbocycles. The Balaban J connectivity index is 2.03. The van der Waals surface area contributed by atoms with Crippen molar-refractivity contribution in [3.63, 3.8) is 0 Å². The molecule has 0 spiro atoms. The Morgan fingerprint density at radius 3 is 2.65 bits per heavy atom. The number of amides is 1. The summed E-state index contributed by atoms with van der Waals surface area (Å²) >= 11 is 11.6. The molecular weight excluding hydrogens is 343 g/mol. The Kier molecular flexibility index (Phi) is 5.41. The molecule has 1 atom stereocenters. The van der Waals surface area contributed by atoms with E-state index < -0.39 is 18.0 Å². The molecule has 1 aromatic heterocycles. The van der Waals surface area contributed by atoms with Crippen LogP contribution < -0.4 is 5.32 Å². The van der Waals surface area contributed by atoms with Crippen molar-refractivity contribution in [2.24, 2.45) is 0 Å². The van der Waals surface area contributed by atoms with Crippen LogP contribution in [0.5, 0.6) is 5.75 Å². The summed E-state index contributed by atoms with van der Waals surface area (Å²) in [5, 5.41) is 12.5. The summed E-state index contributed by atoms with van der Waals surface area (Å²) in [5.74, 6) is -1.56. The van der Waals surface area contributed by atoms with Gasteiger partial charge < -0.3 is 15.2 Å². The highest BCUT2D eigenvalue weighted by molar-refractivity contribution is 6.36. The Morgan fingerprint density at radius 2 is 2.00 bits per heavy atom. The minimum atomic E-state index is -1.12. The van der Waals surface area contributed by atoms with Gasteiger partial charge in [-0.15, -0.1) is 0 Å². The first-order chi connectivity index (χ1) is 10.9. The number of pyridine rings is 1. The van der Waals surface area contributed by atoms with E-state index in [0.717, 1.165) is 0 Å². The quantitative estimate of drug-likeness (QED) is 0.822.